The largest absolute Gasteiger partial charge is 0.459 e. The van der Waals surface area contributed by atoms with Gasteiger partial charge in [-0.05, 0) is 50.5 Å². The first-order chi connectivity index (χ1) is 11.7. The minimum atomic E-state index is -0.315. The average molecular weight is 328 g/mol. The van der Waals surface area contributed by atoms with E-state index < -0.39 is 0 Å². The summed E-state index contributed by atoms with van der Waals surface area (Å²) in [5, 5.41) is 4.01. The quantitative estimate of drug-likeness (QED) is 0.785. The third kappa shape index (κ3) is 3.19. The van der Waals surface area contributed by atoms with E-state index in [1.807, 2.05) is 19.1 Å². The van der Waals surface area contributed by atoms with Crippen LogP contribution < -0.4 is 0 Å². The van der Waals surface area contributed by atoms with Crippen molar-refractivity contribution in [1.82, 2.24) is 10.1 Å². The van der Waals surface area contributed by atoms with E-state index in [1.165, 1.54) is 0 Å². The van der Waals surface area contributed by atoms with E-state index in [-0.39, 0.29) is 18.0 Å². The Morgan fingerprint density at radius 1 is 1.25 bits per heavy atom. The van der Waals surface area contributed by atoms with Crippen molar-refractivity contribution in [2.45, 2.75) is 38.2 Å². The van der Waals surface area contributed by atoms with Gasteiger partial charge < -0.3 is 14.0 Å². The monoisotopic (exact) mass is 328 g/mol. The fraction of sp³-hybridized carbons (Fsp3) is 0.500. The smallest absolute Gasteiger partial charge is 0.338 e. The Labute approximate surface area is 140 Å². The predicted molar refractivity (Wildman–Crippen MR) is 85.5 cm³/mol. The molecule has 4 rings (SSSR count). The Balaban J connectivity index is 1.41. The number of hydrogen-bond donors (Lipinski definition) is 0. The summed E-state index contributed by atoms with van der Waals surface area (Å²) in [6.45, 7) is 3.33. The van der Waals surface area contributed by atoms with Gasteiger partial charge in [-0.3, -0.25) is 0 Å². The van der Waals surface area contributed by atoms with Crippen LogP contribution in [0.1, 0.15) is 48.3 Å². The molecule has 0 N–H and O–H groups in total. The van der Waals surface area contributed by atoms with Crippen molar-refractivity contribution in [3.05, 3.63) is 35.7 Å². The first-order valence-electron chi connectivity index (χ1n) is 8.43. The Bertz CT molecular complexity index is 715. The second kappa shape index (κ2) is 6.36. The Morgan fingerprint density at radius 2 is 2.04 bits per heavy atom. The zero-order chi connectivity index (χ0) is 16.5. The highest BCUT2D eigenvalue weighted by Gasteiger charge is 2.29. The molecule has 1 aromatic carbocycles. The van der Waals surface area contributed by atoms with Gasteiger partial charge in [0, 0.05) is 24.0 Å². The molecule has 0 amide bonds. The van der Waals surface area contributed by atoms with Crippen LogP contribution >= 0.6 is 0 Å². The molecule has 0 bridgehead atoms. The molecule has 126 valence electrons. The fourth-order valence-corrected chi connectivity index (χ4v) is 2.86. The van der Waals surface area contributed by atoms with Crippen molar-refractivity contribution in [3.63, 3.8) is 0 Å². The minimum absolute atomic E-state index is 0.142. The van der Waals surface area contributed by atoms with Crippen LogP contribution in [-0.4, -0.2) is 35.4 Å². The lowest BCUT2D eigenvalue weighted by Crippen LogP contribution is -2.24. The van der Waals surface area contributed by atoms with E-state index in [4.69, 9.17) is 14.0 Å². The number of benzene rings is 1. The van der Waals surface area contributed by atoms with Gasteiger partial charge in [-0.15, -0.1) is 0 Å². The molecule has 2 heterocycles. The van der Waals surface area contributed by atoms with Crippen LogP contribution in [0.15, 0.2) is 28.8 Å². The Kier molecular flexibility index (Phi) is 4.06. The molecule has 6 heteroatoms. The van der Waals surface area contributed by atoms with Crippen molar-refractivity contribution in [2.75, 3.05) is 13.2 Å². The lowest BCUT2D eigenvalue weighted by Gasteiger charge is -2.18. The van der Waals surface area contributed by atoms with Crippen LogP contribution in [0.4, 0.5) is 0 Å². The molecular weight excluding hydrogens is 308 g/mol. The predicted octanol–water partition coefficient (Wildman–Crippen LogP) is 3.20. The van der Waals surface area contributed by atoms with Crippen molar-refractivity contribution in [2.24, 2.45) is 5.92 Å². The summed E-state index contributed by atoms with van der Waals surface area (Å²) in [5.74, 6) is 1.70. The highest BCUT2D eigenvalue weighted by molar-refractivity contribution is 5.90. The number of esters is 1. The highest BCUT2D eigenvalue weighted by atomic mass is 16.5. The first kappa shape index (κ1) is 15.3. The first-order valence-corrected chi connectivity index (χ1v) is 8.43. The maximum Gasteiger partial charge on any atom is 0.338 e. The van der Waals surface area contributed by atoms with Crippen LogP contribution in [0.3, 0.4) is 0 Å². The van der Waals surface area contributed by atoms with E-state index >= 15 is 0 Å². The summed E-state index contributed by atoms with van der Waals surface area (Å²) in [5.41, 5.74) is 1.33. The molecular formula is C18H20N2O4. The van der Waals surface area contributed by atoms with Gasteiger partial charge in [-0.2, -0.15) is 4.98 Å². The summed E-state index contributed by atoms with van der Waals surface area (Å²) < 4.78 is 16.2. The SMILES string of the molecule is C[C@@H](OC(=O)c1ccc(-c2nc(C3CC3)no2)cc1)[C@H]1CCOC1. The number of hydrogen-bond acceptors (Lipinski definition) is 6. The van der Waals surface area contributed by atoms with Gasteiger partial charge in [-0.1, -0.05) is 5.16 Å². The summed E-state index contributed by atoms with van der Waals surface area (Å²) in [4.78, 5) is 16.7. The molecule has 1 aromatic heterocycles. The van der Waals surface area contributed by atoms with Gasteiger partial charge >= 0.3 is 5.97 Å². The van der Waals surface area contributed by atoms with Crippen LogP contribution in [0.2, 0.25) is 0 Å². The van der Waals surface area contributed by atoms with Gasteiger partial charge in [0.1, 0.15) is 6.10 Å². The molecule has 2 aromatic rings. The molecule has 2 atom stereocenters. The number of ether oxygens (including phenoxy) is 2. The molecule has 1 aliphatic heterocycles. The van der Waals surface area contributed by atoms with E-state index in [1.54, 1.807) is 12.1 Å². The lowest BCUT2D eigenvalue weighted by atomic mass is 10.0. The van der Waals surface area contributed by atoms with Crippen LogP contribution in [-0.2, 0) is 9.47 Å². The minimum Gasteiger partial charge on any atom is -0.459 e. The molecule has 0 unspecified atom stereocenters. The van der Waals surface area contributed by atoms with Gasteiger partial charge in [0.25, 0.3) is 5.89 Å². The number of nitrogens with zero attached hydrogens (tertiary/aromatic N) is 2. The normalized spacial score (nSPS) is 21.6. The van der Waals surface area contributed by atoms with Crippen LogP contribution in [0, 0.1) is 5.92 Å². The van der Waals surface area contributed by atoms with Gasteiger partial charge in [0.2, 0.25) is 0 Å². The summed E-state index contributed by atoms with van der Waals surface area (Å²) in [6, 6.07) is 7.08. The van der Waals surface area contributed by atoms with Gasteiger partial charge in [0.15, 0.2) is 5.82 Å². The summed E-state index contributed by atoms with van der Waals surface area (Å²) in [6.07, 6.45) is 3.06. The zero-order valence-corrected chi connectivity index (χ0v) is 13.6. The lowest BCUT2D eigenvalue weighted by molar-refractivity contribution is 0.0180. The van der Waals surface area contributed by atoms with Gasteiger partial charge in [0.05, 0.1) is 12.2 Å². The summed E-state index contributed by atoms with van der Waals surface area (Å²) in [7, 11) is 0. The van der Waals surface area contributed by atoms with Crippen molar-refractivity contribution in [1.29, 1.82) is 0 Å². The van der Waals surface area contributed by atoms with Crippen molar-refractivity contribution < 1.29 is 18.8 Å². The van der Waals surface area contributed by atoms with Crippen LogP contribution in [0.25, 0.3) is 11.5 Å². The van der Waals surface area contributed by atoms with E-state index in [0.717, 1.165) is 37.3 Å². The zero-order valence-electron chi connectivity index (χ0n) is 13.6. The molecule has 0 radical (unpaired) electrons. The van der Waals surface area contributed by atoms with E-state index in [9.17, 15) is 4.79 Å². The Hall–Kier alpha value is -2.21. The third-order valence-electron chi connectivity index (χ3n) is 4.67. The fourth-order valence-electron chi connectivity index (χ4n) is 2.86. The number of carbonyl (C=O) groups excluding carboxylic acids is 1. The second-order valence-electron chi connectivity index (χ2n) is 6.54. The highest BCUT2D eigenvalue weighted by Crippen LogP contribution is 2.38. The third-order valence-corrected chi connectivity index (χ3v) is 4.67. The number of carbonyl (C=O) groups is 1. The molecule has 0 spiro atoms. The molecule has 1 saturated heterocycles. The Morgan fingerprint density at radius 3 is 2.71 bits per heavy atom. The van der Waals surface area contributed by atoms with Crippen molar-refractivity contribution in [3.8, 4) is 11.5 Å². The molecule has 1 aliphatic carbocycles. The maximum atomic E-state index is 12.2. The van der Waals surface area contributed by atoms with Gasteiger partial charge in [-0.25, -0.2) is 4.79 Å². The number of aromatic nitrogens is 2. The van der Waals surface area contributed by atoms with Crippen molar-refractivity contribution >= 4 is 5.97 Å². The molecule has 24 heavy (non-hydrogen) atoms. The number of rotatable bonds is 5. The molecule has 6 nitrogen and oxygen atoms in total. The van der Waals surface area contributed by atoms with E-state index in [0.29, 0.717) is 24.0 Å². The maximum absolute atomic E-state index is 12.2. The molecule has 2 aliphatic rings. The van der Waals surface area contributed by atoms with E-state index in [2.05, 4.69) is 10.1 Å². The van der Waals surface area contributed by atoms with Crippen LogP contribution in [0.5, 0.6) is 0 Å². The molecule has 2 fully saturated rings. The second-order valence-corrected chi connectivity index (χ2v) is 6.54. The topological polar surface area (TPSA) is 74.5 Å². The summed E-state index contributed by atoms with van der Waals surface area (Å²) >= 11 is 0. The molecule has 1 saturated carbocycles. The average Bonchev–Trinajstić information content (AvgIpc) is 3.12. The standard InChI is InChI=1S/C18H20N2O4/c1-11(15-8-9-22-10-15)23-18(21)14-6-4-13(5-7-14)17-19-16(20-24-17)12-2-3-12/h4-7,11-12,15H,2-3,8-10H2,1H3/t11-,15+/m1/s1.